The summed E-state index contributed by atoms with van der Waals surface area (Å²) >= 11 is 0. The highest BCUT2D eigenvalue weighted by atomic mass is 32.2. The monoisotopic (exact) mass is 167 g/mol. The molecule has 1 aliphatic carbocycles. The Labute approximate surface area is 65.8 Å². The molecule has 4 heteroatoms. The lowest BCUT2D eigenvalue weighted by atomic mass is 10.0. The molecule has 0 N–H and O–H groups in total. The largest absolute Gasteiger partial charge is 0.218 e. The summed E-state index contributed by atoms with van der Waals surface area (Å²) in [4.78, 5) is 0.134. The van der Waals surface area contributed by atoms with Gasteiger partial charge in [0.1, 0.15) is 5.92 Å². The Hall–Kier alpha value is -1.34. The third-order valence-corrected chi connectivity index (χ3v) is 2.09. The van der Waals surface area contributed by atoms with Crippen LogP contribution in [0.5, 0.6) is 0 Å². The van der Waals surface area contributed by atoms with E-state index in [1.54, 1.807) is 18.2 Å². The predicted octanol–water partition coefficient (Wildman–Crippen LogP) is 0.304. The zero-order valence-corrected chi connectivity index (χ0v) is 6.38. The lowest BCUT2D eigenvalue weighted by Crippen LogP contribution is -2.10. The van der Waals surface area contributed by atoms with Crippen molar-refractivity contribution in [3.05, 3.63) is 24.3 Å². The second-order valence-corrected chi connectivity index (χ2v) is 2.93. The zero-order valence-electron chi connectivity index (χ0n) is 5.56. The van der Waals surface area contributed by atoms with Crippen LogP contribution in [0.2, 0.25) is 0 Å². The third-order valence-electron chi connectivity index (χ3n) is 1.31. The Morgan fingerprint density at radius 3 is 2.64 bits per heavy atom. The summed E-state index contributed by atoms with van der Waals surface area (Å²) in [7, 11) is -2.28. The van der Waals surface area contributed by atoms with E-state index < -0.39 is 16.2 Å². The van der Waals surface area contributed by atoms with Gasteiger partial charge >= 0.3 is 0 Å². The highest BCUT2D eigenvalue weighted by Crippen LogP contribution is 2.06. The molecule has 0 saturated heterocycles. The van der Waals surface area contributed by atoms with Crippen molar-refractivity contribution in [1.29, 1.82) is 5.26 Å². The molecule has 0 aromatic rings. The average molecular weight is 167 g/mol. The Morgan fingerprint density at radius 2 is 2.18 bits per heavy atom. The van der Waals surface area contributed by atoms with Gasteiger partial charge in [-0.15, -0.1) is 0 Å². The summed E-state index contributed by atoms with van der Waals surface area (Å²) < 4.78 is 20.9. The number of allylic oxidation sites excluding steroid dienone is 4. The van der Waals surface area contributed by atoms with Crippen LogP contribution < -0.4 is 0 Å². The Kier molecular flexibility index (Phi) is 2.24. The van der Waals surface area contributed by atoms with Crippen LogP contribution in [0.3, 0.4) is 0 Å². The SMILES string of the molecule is N#CC1C=CC=CC1=S(=O)=O. The van der Waals surface area contributed by atoms with Crippen molar-refractivity contribution in [2.24, 2.45) is 5.92 Å². The molecule has 0 aliphatic heterocycles. The molecule has 0 bridgehead atoms. The fraction of sp³-hybridized carbons (Fsp3) is 0.143. The van der Waals surface area contributed by atoms with E-state index in [1.165, 1.54) is 6.08 Å². The van der Waals surface area contributed by atoms with Gasteiger partial charge in [0.2, 0.25) is 10.3 Å². The van der Waals surface area contributed by atoms with Gasteiger partial charge in [-0.3, -0.25) is 0 Å². The Bertz CT molecular complexity index is 373. The van der Waals surface area contributed by atoms with Crippen molar-refractivity contribution in [2.45, 2.75) is 0 Å². The van der Waals surface area contributed by atoms with E-state index in [0.717, 1.165) is 0 Å². The summed E-state index contributed by atoms with van der Waals surface area (Å²) in [6.07, 6.45) is 6.23. The first-order valence-electron chi connectivity index (χ1n) is 2.96. The molecule has 1 aliphatic rings. The lowest BCUT2D eigenvalue weighted by molar-refractivity contribution is 0.626. The highest BCUT2D eigenvalue weighted by Gasteiger charge is 2.12. The van der Waals surface area contributed by atoms with Crippen LogP contribution in [-0.2, 0) is 10.3 Å². The topological polar surface area (TPSA) is 57.9 Å². The molecule has 3 nitrogen and oxygen atoms in total. The molecular formula is C7H5NO2S. The number of nitriles is 1. The number of rotatable bonds is 0. The van der Waals surface area contributed by atoms with Gasteiger partial charge in [-0.2, -0.15) is 13.7 Å². The fourth-order valence-electron chi connectivity index (χ4n) is 0.790. The van der Waals surface area contributed by atoms with Crippen molar-refractivity contribution in [3.8, 4) is 6.07 Å². The molecule has 11 heavy (non-hydrogen) atoms. The number of hydrogen-bond acceptors (Lipinski definition) is 3. The molecule has 1 atom stereocenters. The first-order chi connectivity index (χ1) is 5.25. The van der Waals surface area contributed by atoms with Crippen molar-refractivity contribution >= 4 is 15.2 Å². The van der Waals surface area contributed by atoms with E-state index in [9.17, 15) is 8.42 Å². The van der Waals surface area contributed by atoms with Crippen LogP contribution >= 0.6 is 0 Å². The van der Waals surface area contributed by atoms with Gasteiger partial charge in [-0.1, -0.05) is 18.2 Å². The maximum Gasteiger partial charge on any atom is 0.218 e. The maximum absolute atomic E-state index is 10.5. The van der Waals surface area contributed by atoms with Crippen LogP contribution in [0.1, 0.15) is 0 Å². The summed E-state index contributed by atoms with van der Waals surface area (Å²) in [5.74, 6) is -0.613. The number of nitrogens with zero attached hydrogens (tertiary/aromatic N) is 1. The van der Waals surface area contributed by atoms with Crippen molar-refractivity contribution in [2.75, 3.05) is 0 Å². The standard InChI is InChI=1S/C7H5NO2S/c8-5-6-3-1-2-4-7(6)11(9)10/h1-4,6H. The van der Waals surface area contributed by atoms with Crippen molar-refractivity contribution in [1.82, 2.24) is 0 Å². The van der Waals surface area contributed by atoms with Crippen LogP contribution in [0.4, 0.5) is 0 Å². The van der Waals surface area contributed by atoms with Crippen LogP contribution in [0.25, 0.3) is 0 Å². The molecule has 0 spiro atoms. The van der Waals surface area contributed by atoms with Gasteiger partial charge < -0.3 is 0 Å². The second-order valence-electron chi connectivity index (χ2n) is 1.99. The van der Waals surface area contributed by atoms with Gasteiger partial charge in [0.15, 0.2) is 0 Å². The summed E-state index contributed by atoms with van der Waals surface area (Å²) in [5.41, 5.74) is 0. The fourth-order valence-corrected chi connectivity index (χ4v) is 1.32. The van der Waals surface area contributed by atoms with Gasteiger partial charge in [0.05, 0.1) is 10.9 Å². The molecule has 1 unspecified atom stereocenters. The van der Waals surface area contributed by atoms with Gasteiger partial charge in [0, 0.05) is 0 Å². The average Bonchev–Trinajstić information content (AvgIpc) is 2.04. The van der Waals surface area contributed by atoms with Crippen molar-refractivity contribution in [3.63, 3.8) is 0 Å². The minimum Gasteiger partial charge on any atom is -0.197 e. The zero-order chi connectivity index (χ0) is 8.27. The van der Waals surface area contributed by atoms with Crippen LogP contribution in [0.15, 0.2) is 24.3 Å². The second kappa shape index (κ2) is 3.17. The third kappa shape index (κ3) is 1.57. The number of hydrogen-bond donors (Lipinski definition) is 0. The molecule has 0 aromatic heterocycles. The molecular weight excluding hydrogens is 162 g/mol. The minimum absolute atomic E-state index is 0.134. The quantitative estimate of drug-likeness (QED) is 0.488. The van der Waals surface area contributed by atoms with E-state index in [2.05, 4.69) is 0 Å². The molecule has 0 amide bonds. The summed E-state index contributed by atoms with van der Waals surface area (Å²) in [5, 5.41) is 8.48. The minimum atomic E-state index is -2.28. The van der Waals surface area contributed by atoms with Gasteiger partial charge in [-0.25, -0.2) is 0 Å². The molecule has 0 radical (unpaired) electrons. The maximum atomic E-state index is 10.5. The van der Waals surface area contributed by atoms with Crippen LogP contribution in [0, 0.1) is 17.2 Å². The van der Waals surface area contributed by atoms with E-state index in [0.29, 0.717) is 0 Å². The molecule has 0 saturated carbocycles. The van der Waals surface area contributed by atoms with E-state index in [1.807, 2.05) is 6.07 Å². The first kappa shape index (κ1) is 7.76. The lowest BCUT2D eigenvalue weighted by Gasteiger charge is -2.01. The first-order valence-corrected chi connectivity index (χ1v) is 4.04. The molecule has 56 valence electrons. The molecule has 1 rings (SSSR count). The Morgan fingerprint density at radius 1 is 1.45 bits per heavy atom. The summed E-state index contributed by atoms with van der Waals surface area (Å²) in [6.45, 7) is 0. The van der Waals surface area contributed by atoms with Gasteiger partial charge in [0.25, 0.3) is 0 Å². The van der Waals surface area contributed by atoms with E-state index >= 15 is 0 Å². The highest BCUT2D eigenvalue weighted by molar-refractivity contribution is 7.73. The van der Waals surface area contributed by atoms with E-state index in [4.69, 9.17) is 5.26 Å². The normalized spacial score (nSPS) is 21.4. The predicted molar refractivity (Wildman–Crippen MR) is 41.3 cm³/mol. The molecule has 0 fully saturated rings. The molecule has 0 heterocycles. The Balaban J connectivity index is 3.21. The molecule has 0 aromatic carbocycles. The van der Waals surface area contributed by atoms with Crippen molar-refractivity contribution < 1.29 is 8.42 Å². The van der Waals surface area contributed by atoms with Gasteiger partial charge in [-0.05, 0) is 6.08 Å². The summed E-state index contributed by atoms with van der Waals surface area (Å²) in [6, 6.07) is 1.87. The van der Waals surface area contributed by atoms with Crippen LogP contribution in [-0.4, -0.2) is 13.3 Å². The van der Waals surface area contributed by atoms with E-state index in [-0.39, 0.29) is 4.86 Å². The smallest absolute Gasteiger partial charge is 0.197 e.